The third-order valence-corrected chi connectivity index (χ3v) is 5.82. The molecular weight excluding hydrogens is 328 g/mol. The minimum Gasteiger partial charge on any atom is -0.379 e. The number of ether oxygens (including phenoxy) is 1. The first kappa shape index (κ1) is 17.2. The van der Waals surface area contributed by atoms with E-state index in [9.17, 15) is 13.2 Å². The molecule has 0 bridgehead atoms. The van der Waals surface area contributed by atoms with E-state index in [1.54, 1.807) is 24.3 Å². The van der Waals surface area contributed by atoms with Gasteiger partial charge in [-0.2, -0.15) is 0 Å². The highest BCUT2D eigenvalue weighted by molar-refractivity contribution is 7.89. The molecule has 0 radical (unpaired) electrons. The summed E-state index contributed by atoms with van der Waals surface area (Å²) < 4.78 is 30.5. The van der Waals surface area contributed by atoms with Crippen LogP contribution in [0.1, 0.15) is 10.4 Å². The third-order valence-electron chi connectivity index (χ3n) is 3.60. The monoisotopic (exact) mass is 346 g/mol. The number of carbonyl (C=O) groups excluding carboxylic acids is 1. The van der Waals surface area contributed by atoms with Crippen LogP contribution in [0.25, 0.3) is 0 Å². The molecule has 1 saturated heterocycles. The fourth-order valence-corrected chi connectivity index (χ4v) is 3.49. The summed E-state index contributed by atoms with van der Waals surface area (Å²) in [6.45, 7) is 0.631. The van der Waals surface area contributed by atoms with Gasteiger partial charge in [-0.25, -0.2) is 12.7 Å². The molecule has 0 aliphatic carbocycles. The fourth-order valence-electron chi connectivity index (χ4n) is 2.19. The van der Waals surface area contributed by atoms with Gasteiger partial charge in [0.1, 0.15) is 0 Å². The van der Waals surface area contributed by atoms with Crippen molar-refractivity contribution in [1.82, 2.24) is 9.62 Å². The normalized spacial score (nSPS) is 22.0. The molecule has 2 rings (SSSR count). The Kier molecular flexibility index (Phi) is 5.44. The van der Waals surface area contributed by atoms with Crippen LogP contribution < -0.4 is 5.32 Å². The summed E-state index contributed by atoms with van der Waals surface area (Å²) in [6.07, 6.45) is 0. The van der Waals surface area contributed by atoms with Crippen molar-refractivity contribution in [1.29, 1.82) is 0 Å². The zero-order valence-corrected chi connectivity index (χ0v) is 14.0. The second-order valence-corrected chi connectivity index (χ2v) is 8.11. The average Bonchev–Trinajstić information content (AvgIpc) is 2.85. The van der Waals surface area contributed by atoms with Gasteiger partial charge in [0.05, 0.1) is 25.0 Å². The van der Waals surface area contributed by atoms with Crippen molar-refractivity contribution >= 4 is 27.5 Å². The van der Waals surface area contributed by atoms with Gasteiger partial charge in [-0.3, -0.25) is 4.79 Å². The van der Waals surface area contributed by atoms with E-state index >= 15 is 0 Å². The Balaban J connectivity index is 2.02. The zero-order chi connectivity index (χ0) is 16.3. The molecular formula is C14H19ClN2O4S. The molecule has 1 aliphatic heterocycles. The first-order valence-corrected chi connectivity index (χ1v) is 8.82. The van der Waals surface area contributed by atoms with Crippen LogP contribution in [0.5, 0.6) is 0 Å². The molecule has 1 aliphatic rings. The standard InChI is InChI=1S/C14H19ClN2O4S/c1-17(2)22(19,20)9-11-7-21-8-13(11)16-14(18)10-3-5-12(15)6-4-10/h3-6,11,13H,7-9H2,1-2H3,(H,16,18)/t11-,13-/m0/s1. The van der Waals surface area contributed by atoms with Crippen LogP contribution in [0.2, 0.25) is 5.02 Å². The van der Waals surface area contributed by atoms with Gasteiger partial charge in [0.2, 0.25) is 10.0 Å². The lowest BCUT2D eigenvalue weighted by Crippen LogP contribution is -2.43. The van der Waals surface area contributed by atoms with Gasteiger partial charge in [0, 0.05) is 30.6 Å². The highest BCUT2D eigenvalue weighted by Crippen LogP contribution is 2.18. The molecule has 122 valence electrons. The minimum atomic E-state index is -3.34. The quantitative estimate of drug-likeness (QED) is 0.862. The molecule has 1 N–H and O–H groups in total. The van der Waals surface area contributed by atoms with Crippen molar-refractivity contribution in [3.05, 3.63) is 34.9 Å². The average molecular weight is 347 g/mol. The van der Waals surface area contributed by atoms with Crippen LogP contribution in [0.15, 0.2) is 24.3 Å². The van der Waals surface area contributed by atoms with Crippen LogP contribution in [-0.2, 0) is 14.8 Å². The molecule has 1 aromatic carbocycles. The van der Waals surface area contributed by atoms with E-state index in [1.165, 1.54) is 18.4 Å². The van der Waals surface area contributed by atoms with Crippen LogP contribution >= 0.6 is 11.6 Å². The maximum Gasteiger partial charge on any atom is 0.251 e. The molecule has 2 atom stereocenters. The maximum atomic E-state index is 12.2. The van der Waals surface area contributed by atoms with Crippen molar-refractivity contribution in [2.24, 2.45) is 5.92 Å². The number of benzene rings is 1. The van der Waals surface area contributed by atoms with Gasteiger partial charge in [0.15, 0.2) is 0 Å². The fraction of sp³-hybridized carbons (Fsp3) is 0.500. The van der Waals surface area contributed by atoms with Gasteiger partial charge >= 0.3 is 0 Å². The van der Waals surface area contributed by atoms with Crippen LogP contribution in [0.4, 0.5) is 0 Å². The summed E-state index contributed by atoms with van der Waals surface area (Å²) in [7, 11) is -0.351. The Morgan fingerprint density at radius 2 is 1.95 bits per heavy atom. The summed E-state index contributed by atoms with van der Waals surface area (Å²) in [5.74, 6) is -0.575. The molecule has 0 saturated carbocycles. The van der Waals surface area contributed by atoms with Crippen molar-refractivity contribution in [2.45, 2.75) is 6.04 Å². The highest BCUT2D eigenvalue weighted by Gasteiger charge is 2.34. The topological polar surface area (TPSA) is 75.7 Å². The molecule has 0 aromatic heterocycles. The molecule has 0 unspecified atom stereocenters. The number of halogens is 1. The van der Waals surface area contributed by atoms with Gasteiger partial charge in [-0.1, -0.05) is 11.6 Å². The van der Waals surface area contributed by atoms with E-state index in [-0.39, 0.29) is 23.6 Å². The number of sulfonamides is 1. The number of amides is 1. The van der Waals surface area contributed by atoms with E-state index in [4.69, 9.17) is 16.3 Å². The zero-order valence-electron chi connectivity index (χ0n) is 12.5. The van der Waals surface area contributed by atoms with Gasteiger partial charge in [-0.15, -0.1) is 0 Å². The predicted molar refractivity (Wildman–Crippen MR) is 84.5 cm³/mol. The molecule has 0 spiro atoms. The summed E-state index contributed by atoms with van der Waals surface area (Å²) in [5.41, 5.74) is 0.477. The van der Waals surface area contributed by atoms with E-state index < -0.39 is 10.0 Å². The largest absolute Gasteiger partial charge is 0.379 e. The van der Waals surface area contributed by atoms with Crippen molar-refractivity contribution in [3.63, 3.8) is 0 Å². The summed E-state index contributed by atoms with van der Waals surface area (Å²) >= 11 is 5.79. The number of rotatable bonds is 5. The number of carbonyl (C=O) groups is 1. The molecule has 8 heteroatoms. The Morgan fingerprint density at radius 3 is 2.55 bits per heavy atom. The number of nitrogens with one attached hydrogen (secondary N) is 1. The predicted octanol–water partition coefficient (Wildman–Crippen LogP) is 0.976. The minimum absolute atomic E-state index is 0.0500. The van der Waals surface area contributed by atoms with E-state index in [1.807, 2.05) is 0 Å². The first-order valence-electron chi connectivity index (χ1n) is 6.84. The maximum absolute atomic E-state index is 12.2. The SMILES string of the molecule is CN(C)S(=O)(=O)C[C@@H]1COC[C@@H]1NC(=O)c1ccc(Cl)cc1. The summed E-state index contributed by atoms with van der Waals surface area (Å²) in [4.78, 5) is 12.2. The third kappa shape index (κ3) is 4.19. The van der Waals surface area contributed by atoms with Gasteiger partial charge in [-0.05, 0) is 24.3 Å². The Hall–Kier alpha value is -1.15. The van der Waals surface area contributed by atoms with Gasteiger partial charge < -0.3 is 10.1 Å². The highest BCUT2D eigenvalue weighted by atomic mass is 35.5. The Labute approximate surface area is 135 Å². The van der Waals surface area contributed by atoms with Crippen LogP contribution in [-0.4, -0.2) is 57.7 Å². The number of nitrogens with zero attached hydrogens (tertiary/aromatic N) is 1. The second-order valence-electron chi connectivity index (χ2n) is 5.45. The summed E-state index contributed by atoms with van der Waals surface area (Å²) in [5, 5.41) is 3.39. The van der Waals surface area contributed by atoms with E-state index in [0.717, 1.165) is 0 Å². The van der Waals surface area contributed by atoms with E-state index in [2.05, 4.69) is 5.32 Å². The lowest BCUT2D eigenvalue weighted by molar-refractivity contribution is 0.0926. The first-order chi connectivity index (χ1) is 10.3. The molecule has 6 nitrogen and oxygen atoms in total. The lowest BCUT2D eigenvalue weighted by Gasteiger charge is -2.21. The number of hydrogen-bond acceptors (Lipinski definition) is 4. The Bertz CT molecular complexity index is 631. The number of hydrogen-bond donors (Lipinski definition) is 1. The second kappa shape index (κ2) is 6.95. The molecule has 1 aromatic rings. The smallest absolute Gasteiger partial charge is 0.251 e. The molecule has 1 amide bonds. The summed E-state index contributed by atoms with van der Waals surface area (Å²) in [6, 6.07) is 6.20. The lowest BCUT2D eigenvalue weighted by atomic mass is 10.1. The molecule has 1 fully saturated rings. The van der Waals surface area contributed by atoms with E-state index in [0.29, 0.717) is 23.8 Å². The Morgan fingerprint density at radius 1 is 1.32 bits per heavy atom. The van der Waals surface area contributed by atoms with Crippen molar-refractivity contribution < 1.29 is 17.9 Å². The van der Waals surface area contributed by atoms with Gasteiger partial charge in [0.25, 0.3) is 5.91 Å². The van der Waals surface area contributed by atoms with Crippen LogP contribution in [0, 0.1) is 5.92 Å². The molecule has 22 heavy (non-hydrogen) atoms. The van der Waals surface area contributed by atoms with Crippen molar-refractivity contribution in [3.8, 4) is 0 Å². The molecule has 1 heterocycles. The van der Waals surface area contributed by atoms with Crippen molar-refractivity contribution in [2.75, 3.05) is 33.1 Å². The van der Waals surface area contributed by atoms with Crippen LogP contribution in [0.3, 0.4) is 0 Å².